The van der Waals surface area contributed by atoms with Crippen LogP contribution in [-0.2, 0) is 9.84 Å². The van der Waals surface area contributed by atoms with E-state index in [1.165, 1.54) is 0 Å². The van der Waals surface area contributed by atoms with Crippen LogP contribution in [-0.4, -0.2) is 15.0 Å². The van der Waals surface area contributed by atoms with Gasteiger partial charge < -0.3 is 5.73 Å². The molecule has 4 heteroatoms. The Bertz CT molecular complexity index is 679. The van der Waals surface area contributed by atoms with Crippen LogP contribution in [0.5, 0.6) is 0 Å². The highest BCUT2D eigenvalue weighted by Crippen LogP contribution is 2.33. The van der Waals surface area contributed by atoms with Gasteiger partial charge in [-0.1, -0.05) is 54.4 Å². The van der Waals surface area contributed by atoms with Crippen molar-refractivity contribution in [3.05, 3.63) is 65.7 Å². The summed E-state index contributed by atoms with van der Waals surface area (Å²) >= 11 is 0. The smallest absolute Gasteiger partial charge is 0.185 e. The Kier molecular flexibility index (Phi) is 5.75. The third kappa shape index (κ3) is 3.96. The Morgan fingerprint density at radius 3 is 2.18 bits per heavy atom. The lowest BCUT2D eigenvalue weighted by Gasteiger charge is -2.18. The van der Waals surface area contributed by atoms with Crippen molar-refractivity contribution in [1.82, 2.24) is 0 Å². The Morgan fingerprint density at radius 1 is 0.955 bits per heavy atom. The zero-order valence-corrected chi connectivity index (χ0v) is 13.7. The fraction of sp³-hybridized carbons (Fsp3) is 0.333. The summed E-state index contributed by atoms with van der Waals surface area (Å²) in [6.45, 7) is 2.54. The molecule has 0 saturated carbocycles. The molecule has 2 N–H and O–H groups in total. The summed E-state index contributed by atoms with van der Waals surface area (Å²) < 4.78 is 26.0. The Labute approximate surface area is 133 Å². The maximum absolute atomic E-state index is 13.0. The fourth-order valence-corrected chi connectivity index (χ4v) is 4.37. The molecule has 22 heavy (non-hydrogen) atoms. The second-order valence-electron chi connectivity index (χ2n) is 5.54. The van der Waals surface area contributed by atoms with Crippen molar-refractivity contribution >= 4 is 9.84 Å². The topological polar surface area (TPSA) is 60.2 Å². The van der Waals surface area contributed by atoms with Crippen molar-refractivity contribution in [2.45, 2.75) is 36.3 Å². The first-order valence-electron chi connectivity index (χ1n) is 7.61. The van der Waals surface area contributed by atoms with Gasteiger partial charge in [0, 0.05) is 0 Å². The number of unbranched alkanes of at least 4 members (excludes halogenated alkanes) is 1. The van der Waals surface area contributed by atoms with Gasteiger partial charge in [-0.25, -0.2) is 8.42 Å². The van der Waals surface area contributed by atoms with Gasteiger partial charge in [-0.15, -0.1) is 0 Å². The average molecular weight is 317 g/mol. The predicted octanol–water partition coefficient (Wildman–Crippen LogP) is 3.64. The van der Waals surface area contributed by atoms with Crippen molar-refractivity contribution in [2.24, 2.45) is 5.73 Å². The standard InChI is InChI=1S/C18H23NO2S/c1-15-10-12-17(13-11-15)22(20,21)18(9-5-6-14-19)16-7-3-2-4-8-16/h2-4,7-8,10-13,18H,5-6,9,14,19H2,1H3. The maximum Gasteiger partial charge on any atom is 0.185 e. The number of rotatable bonds is 7. The number of sulfone groups is 1. The molecule has 0 aliphatic heterocycles. The first-order valence-corrected chi connectivity index (χ1v) is 9.16. The lowest BCUT2D eigenvalue weighted by molar-refractivity contribution is 0.566. The first-order chi connectivity index (χ1) is 10.6. The molecule has 2 rings (SSSR count). The van der Waals surface area contributed by atoms with Gasteiger partial charge in [-0.2, -0.15) is 0 Å². The summed E-state index contributed by atoms with van der Waals surface area (Å²) in [6, 6.07) is 16.5. The SMILES string of the molecule is Cc1ccc(S(=O)(=O)C(CCCCN)c2ccccc2)cc1. The van der Waals surface area contributed by atoms with Gasteiger partial charge in [0.2, 0.25) is 0 Å². The molecule has 0 amide bonds. The third-order valence-corrected chi connectivity index (χ3v) is 6.00. The Hall–Kier alpha value is -1.65. The lowest BCUT2D eigenvalue weighted by Crippen LogP contribution is -2.14. The summed E-state index contributed by atoms with van der Waals surface area (Å²) in [6.07, 6.45) is 2.24. The van der Waals surface area contributed by atoms with E-state index in [2.05, 4.69) is 0 Å². The van der Waals surface area contributed by atoms with Crippen LogP contribution in [0.3, 0.4) is 0 Å². The molecule has 3 nitrogen and oxygen atoms in total. The van der Waals surface area contributed by atoms with Gasteiger partial charge in [0.25, 0.3) is 0 Å². The van der Waals surface area contributed by atoms with Crippen LogP contribution in [0.1, 0.15) is 35.6 Å². The number of aryl methyl sites for hydroxylation is 1. The van der Waals surface area contributed by atoms with Crippen LogP contribution >= 0.6 is 0 Å². The third-order valence-electron chi connectivity index (χ3n) is 3.82. The molecule has 0 radical (unpaired) electrons. The summed E-state index contributed by atoms with van der Waals surface area (Å²) in [7, 11) is -3.39. The zero-order valence-electron chi connectivity index (χ0n) is 12.9. The zero-order chi connectivity index (χ0) is 16.0. The molecule has 1 atom stereocenters. The van der Waals surface area contributed by atoms with Gasteiger partial charge in [0.05, 0.1) is 10.1 Å². The molecule has 0 aliphatic carbocycles. The number of nitrogens with two attached hydrogens (primary N) is 1. The Balaban J connectivity index is 2.36. The minimum Gasteiger partial charge on any atom is -0.330 e. The van der Waals surface area contributed by atoms with E-state index in [0.29, 0.717) is 17.9 Å². The summed E-state index contributed by atoms with van der Waals surface area (Å²) in [5, 5.41) is -0.511. The van der Waals surface area contributed by atoms with Crippen molar-refractivity contribution < 1.29 is 8.42 Å². The molecular formula is C18H23NO2S. The summed E-state index contributed by atoms with van der Waals surface area (Å²) in [5.41, 5.74) is 7.44. The molecule has 0 aromatic heterocycles. The molecule has 0 bridgehead atoms. The highest BCUT2D eigenvalue weighted by molar-refractivity contribution is 7.91. The van der Waals surface area contributed by atoms with Crippen molar-refractivity contribution in [1.29, 1.82) is 0 Å². The molecule has 0 fully saturated rings. The molecule has 2 aromatic carbocycles. The van der Waals surface area contributed by atoms with E-state index in [-0.39, 0.29) is 0 Å². The van der Waals surface area contributed by atoms with Crippen molar-refractivity contribution in [2.75, 3.05) is 6.54 Å². The molecular weight excluding hydrogens is 294 g/mol. The van der Waals surface area contributed by atoms with Gasteiger partial charge in [-0.3, -0.25) is 0 Å². The molecule has 0 spiro atoms. The van der Waals surface area contributed by atoms with E-state index in [4.69, 9.17) is 5.73 Å². The summed E-state index contributed by atoms with van der Waals surface area (Å²) in [5.74, 6) is 0. The van der Waals surface area contributed by atoms with Crippen LogP contribution < -0.4 is 5.73 Å². The number of benzene rings is 2. The van der Waals surface area contributed by atoms with Crippen LogP contribution in [0.15, 0.2) is 59.5 Å². The van der Waals surface area contributed by atoms with Gasteiger partial charge >= 0.3 is 0 Å². The normalized spacial score (nSPS) is 13.0. The molecule has 118 valence electrons. The monoisotopic (exact) mass is 317 g/mol. The van der Waals surface area contributed by atoms with Crippen LogP contribution in [0, 0.1) is 6.92 Å². The lowest BCUT2D eigenvalue weighted by atomic mass is 10.1. The molecule has 0 heterocycles. The van der Waals surface area contributed by atoms with Crippen LogP contribution in [0.2, 0.25) is 0 Å². The largest absolute Gasteiger partial charge is 0.330 e. The number of hydrogen-bond acceptors (Lipinski definition) is 3. The van der Waals surface area contributed by atoms with E-state index in [9.17, 15) is 8.42 Å². The van der Waals surface area contributed by atoms with Gasteiger partial charge in [0.15, 0.2) is 9.84 Å². The van der Waals surface area contributed by atoms with E-state index in [0.717, 1.165) is 24.0 Å². The molecule has 0 aliphatic rings. The van der Waals surface area contributed by atoms with E-state index in [1.54, 1.807) is 12.1 Å². The minimum atomic E-state index is -3.39. The molecule has 2 aromatic rings. The summed E-state index contributed by atoms with van der Waals surface area (Å²) in [4.78, 5) is 0.389. The van der Waals surface area contributed by atoms with Gasteiger partial charge in [-0.05, 0) is 44.0 Å². The van der Waals surface area contributed by atoms with Crippen LogP contribution in [0.25, 0.3) is 0 Å². The van der Waals surface area contributed by atoms with E-state index < -0.39 is 15.1 Å². The maximum atomic E-state index is 13.0. The van der Waals surface area contributed by atoms with E-state index in [1.807, 2.05) is 49.4 Å². The fourth-order valence-electron chi connectivity index (χ4n) is 2.53. The minimum absolute atomic E-state index is 0.389. The Morgan fingerprint density at radius 2 is 1.59 bits per heavy atom. The quantitative estimate of drug-likeness (QED) is 0.793. The van der Waals surface area contributed by atoms with Crippen LogP contribution in [0.4, 0.5) is 0 Å². The van der Waals surface area contributed by atoms with Crippen molar-refractivity contribution in [3.8, 4) is 0 Å². The second kappa shape index (κ2) is 7.56. The average Bonchev–Trinajstić information content (AvgIpc) is 2.52. The molecule has 0 saturated heterocycles. The molecule has 1 unspecified atom stereocenters. The predicted molar refractivity (Wildman–Crippen MR) is 90.5 cm³/mol. The second-order valence-corrected chi connectivity index (χ2v) is 7.67. The number of hydrogen-bond donors (Lipinski definition) is 1. The van der Waals surface area contributed by atoms with Gasteiger partial charge in [0.1, 0.15) is 0 Å². The van der Waals surface area contributed by atoms with Crippen molar-refractivity contribution in [3.63, 3.8) is 0 Å². The first kappa shape index (κ1) is 16.7. The highest BCUT2D eigenvalue weighted by atomic mass is 32.2. The highest BCUT2D eigenvalue weighted by Gasteiger charge is 2.28. The van der Waals surface area contributed by atoms with E-state index >= 15 is 0 Å².